The van der Waals surface area contributed by atoms with Crippen molar-refractivity contribution in [3.8, 4) is 0 Å². The van der Waals surface area contributed by atoms with Crippen LogP contribution in [0.2, 0.25) is 0 Å². The third-order valence-corrected chi connectivity index (χ3v) is 6.58. The lowest BCUT2D eigenvalue weighted by atomic mass is 9.69. The topological polar surface area (TPSA) is 82.1 Å². The Morgan fingerprint density at radius 1 is 1.31 bits per heavy atom. The summed E-state index contributed by atoms with van der Waals surface area (Å²) in [7, 11) is 0. The lowest BCUT2D eigenvalue weighted by Crippen LogP contribution is -2.32. The molecule has 0 amide bonds. The largest absolute Gasteiger partial charge is 0.466 e. The summed E-state index contributed by atoms with van der Waals surface area (Å²) in [6.45, 7) is 8.64. The first kappa shape index (κ1) is 27.1. The second-order valence-corrected chi connectivity index (χ2v) is 10.0. The molecule has 1 aliphatic heterocycles. The van der Waals surface area contributed by atoms with Gasteiger partial charge in [-0.3, -0.25) is 9.59 Å². The van der Waals surface area contributed by atoms with Gasteiger partial charge in [0.15, 0.2) is 0 Å². The molecule has 1 N–H and O–H groups in total. The number of aliphatic hydroxyl groups excluding tert-OH is 1. The van der Waals surface area contributed by atoms with Crippen LogP contribution in [0.5, 0.6) is 0 Å². The third kappa shape index (κ3) is 7.48. The van der Waals surface area contributed by atoms with Gasteiger partial charge in [-0.15, -0.1) is 0 Å². The van der Waals surface area contributed by atoms with Gasteiger partial charge in [-0.1, -0.05) is 26.0 Å². The van der Waals surface area contributed by atoms with E-state index < -0.39 is 18.2 Å². The molecule has 35 heavy (non-hydrogen) atoms. The van der Waals surface area contributed by atoms with E-state index in [9.17, 15) is 19.1 Å². The molecule has 1 aliphatic carbocycles. The molecule has 0 bridgehead atoms. The molecule has 7 heteroatoms. The summed E-state index contributed by atoms with van der Waals surface area (Å²) in [5.41, 5.74) is 3.36. The van der Waals surface area contributed by atoms with E-state index in [0.717, 1.165) is 23.1 Å². The van der Waals surface area contributed by atoms with Crippen LogP contribution in [0.15, 0.2) is 35.9 Å². The van der Waals surface area contributed by atoms with Gasteiger partial charge in [0, 0.05) is 19.4 Å². The van der Waals surface area contributed by atoms with E-state index in [1.165, 1.54) is 6.07 Å². The monoisotopic (exact) mass is 488 g/mol. The lowest BCUT2D eigenvalue weighted by molar-refractivity contribution is -0.156. The van der Waals surface area contributed by atoms with Crippen LogP contribution in [0.4, 0.5) is 4.39 Å². The first-order valence-electron chi connectivity index (χ1n) is 12.4. The number of ether oxygens (including phenoxy) is 3. The zero-order valence-corrected chi connectivity index (χ0v) is 21.1. The summed E-state index contributed by atoms with van der Waals surface area (Å²) in [4.78, 5) is 23.4. The molecular weight excluding hydrogens is 451 g/mol. The molecule has 1 saturated heterocycles. The van der Waals surface area contributed by atoms with Gasteiger partial charge in [0.2, 0.25) is 0 Å². The average Bonchev–Trinajstić information content (AvgIpc) is 2.76. The van der Waals surface area contributed by atoms with Crippen molar-refractivity contribution in [1.29, 1.82) is 0 Å². The average molecular weight is 489 g/mol. The highest BCUT2D eigenvalue weighted by Gasteiger charge is 2.35. The first-order valence-corrected chi connectivity index (χ1v) is 12.4. The Kier molecular flexibility index (Phi) is 9.25. The van der Waals surface area contributed by atoms with Crippen LogP contribution in [0.25, 0.3) is 5.57 Å². The molecule has 3 rings (SSSR count). The second kappa shape index (κ2) is 12.0. The summed E-state index contributed by atoms with van der Waals surface area (Å²) < 4.78 is 30.6. The smallest absolute Gasteiger partial charge is 0.309 e. The number of halogens is 1. The van der Waals surface area contributed by atoms with Crippen LogP contribution >= 0.6 is 0 Å². The van der Waals surface area contributed by atoms with E-state index in [0.29, 0.717) is 44.5 Å². The van der Waals surface area contributed by atoms with E-state index >= 15 is 0 Å². The standard InChI is InChI=1S/C28H37FO6/c1-5-33-26(31)7-6-12-34-22-16-23(19-8-11-25(29)18(2)13-19)24(28(3,4)17-22)10-9-21-14-20(30)15-27(32)35-21/h8-11,13,20-22,30H,5-7,12,14-17H2,1-4H3/b10-9+/t20-,21-,22?/m1/s1. The van der Waals surface area contributed by atoms with Gasteiger partial charge in [0.1, 0.15) is 11.9 Å². The number of hydrogen-bond acceptors (Lipinski definition) is 6. The van der Waals surface area contributed by atoms with E-state index in [2.05, 4.69) is 13.8 Å². The Labute approximate surface area is 207 Å². The molecule has 2 aliphatic rings. The number of allylic oxidation sites excluding steroid dienone is 2. The van der Waals surface area contributed by atoms with Gasteiger partial charge in [0.05, 0.1) is 25.2 Å². The van der Waals surface area contributed by atoms with Crippen molar-refractivity contribution < 1.29 is 33.3 Å². The minimum Gasteiger partial charge on any atom is -0.466 e. The van der Waals surface area contributed by atoms with Gasteiger partial charge in [-0.2, -0.15) is 0 Å². The highest BCUT2D eigenvalue weighted by Crippen LogP contribution is 2.46. The maximum absolute atomic E-state index is 14.0. The van der Waals surface area contributed by atoms with Crippen molar-refractivity contribution in [2.45, 2.75) is 84.5 Å². The predicted octanol–water partition coefficient (Wildman–Crippen LogP) is 5.06. The second-order valence-electron chi connectivity index (χ2n) is 10.0. The van der Waals surface area contributed by atoms with Gasteiger partial charge in [0.25, 0.3) is 0 Å². The van der Waals surface area contributed by atoms with Crippen LogP contribution in [0.1, 0.15) is 70.4 Å². The maximum atomic E-state index is 14.0. The molecule has 1 aromatic carbocycles. The third-order valence-electron chi connectivity index (χ3n) is 6.58. The van der Waals surface area contributed by atoms with Crippen molar-refractivity contribution in [3.63, 3.8) is 0 Å². The van der Waals surface area contributed by atoms with Crippen LogP contribution in [0.3, 0.4) is 0 Å². The van der Waals surface area contributed by atoms with E-state index in [1.54, 1.807) is 19.9 Å². The van der Waals surface area contributed by atoms with Crippen molar-refractivity contribution in [2.24, 2.45) is 5.41 Å². The number of aryl methyl sites for hydroxylation is 1. The van der Waals surface area contributed by atoms with Crippen LogP contribution in [0, 0.1) is 18.2 Å². The maximum Gasteiger partial charge on any atom is 0.309 e. The fourth-order valence-electron chi connectivity index (χ4n) is 4.88. The van der Waals surface area contributed by atoms with Crippen molar-refractivity contribution in [1.82, 2.24) is 0 Å². The zero-order valence-electron chi connectivity index (χ0n) is 21.1. The summed E-state index contributed by atoms with van der Waals surface area (Å²) in [5, 5.41) is 9.95. The number of hydrogen-bond donors (Lipinski definition) is 1. The molecule has 0 radical (unpaired) electrons. The van der Waals surface area contributed by atoms with Gasteiger partial charge in [-0.05, 0) is 79.0 Å². The number of carbonyl (C=O) groups excluding carboxylic acids is 2. The van der Waals surface area contributed by atoms with Crippen LogP contribution in [-0.2, 0) is 23.8 Å². The van der Waals surface area contributed by atoms with Crippen molar-refractivity contribution in [3.05, 3.63) is 52.9 Å². The summed E-state index contributed by atoms with van der Waals surface area (Å²) in [5.74, 6) is -0.874. The van der Waals surface area contributed by atoms with Crippen molar-refractivity contribution >= 4 is 17.5 Å². The molecule has 0 saturated carbocycles. The number of benzene rings is 1. The Morgan fingerprint density at radius 2 is 2.09 bits per heavy atom. The highest BCUT2D eigenvalue weighted by atomic mass is 19.1. The van der Waals surface area contributed by atoms with Gasteiger partial charge < -0.3 is 19.3 Å². The molecule has 3 atom stereocenters. The quantitative estimate of drug-likeness (QED) is 0.387. The van der Waals surface area contributed by atoms with Gasteiger partial charge >= 0.3 is 11.9 Å². The zero-order chi connectivity index (χ0) is 25.6. The fourth-order valence-corrected chi connectivity index (χ4v) is 4.88. The number of esters is 2. The summed E-state index contributed by atoms with van der Waals surface area (Å²) in [6, 6.07) is 5.12. The molecule has 1 unspecified atom stereocenters. The Morgan fingerprint density at radius 3 is 2.77 bits per heavy atom. The van der Waals surface area contributed by atoms with Crippen LogP contribution in [-0.4, -0.2) is 48.6 Å². The van der Waals surface area contributed by atoms with E-state index in [1.807, 2.05) is 18.2 Å². The highest BCUT2D eigenvalue weighted by molar-refractivity contribution is 5.74. The Hall–Kier alpha value is -2.51. The molecular formula is C28H37FO6. The van der Waals surface area contributed by atoms with Crippen LogP contribution < -0.4 is 0 Å². The minimum absolute atomic E-state index is 0.0216. The number of rotatable bonds is 9. The molecule has 6 nitrogen and oxygen atoms in total. The molecule has 1 aromatic rings. The Bertz CT molecular complexity index is 980. The first-order chi connectivity index (χ1) is 16.6. The van der Waals surface area contributed by atoms with Gasteiger partial charge in [-0.25, -0.2) is 4.39 Å². The number of aliphatic hydroxyl groups is 1. The molecule has 192 valence electrons. The minimum atomic E-state index is -0.703. The molecule has 0 aromatic heterocycles. The predicted molar refractivity (Wildman–Crippen MR) is 131 cm³/mol. The summed E-state index contributed by atoms with van der Waals surface area (Å²) >= 11 is 0. The van der Waals surface area contributed by atoms with E-state index in [-0.39, 0.29) is 29.7 Å². The Balaban J connectivity index is 1.84. The summed E-state index contributed by atoms with van der Waals surface area (Å²) in [6.07, 6.45) is 5.29. The number of carbonyl (C=O) groups is 2. The fraction of sp³-hybridized carbons (Fsp3) is 0.571. The molecule has 1 fully saturated rings. The lowest BCUT2D eigenvalue weighted by Gasteiger charge is -2.39. The number of cyclic esters (lactones) is 1. The SMILES string of the molecule is CCOC(=O)CCCOC1CC(c2ccc(F)c(C)c2)=C(/C=C/[C@@H]2C[C@@H](O)CC(=O)O2)C(C)(C)C1. The molecule has 0 spiro atoms. The van der Waals surface area contributed by atoms with E-state index in [4.69, 9.17) is 14.2 Å². The normalized spacial score (nSPS) is 24.5. The van der Waals surface area contributed by atoms with Crippen molar-refractivity contribution in [2.75, 3.05) is 13.2 Å². The molecule has 1 heterocycles.